The Balaban J connectivity index is 3.19. The standard InChI is InChI=1S/C6H8ClN3O/c1-3(2)4-8-5(7)10-6(11)9-4/h3H,1-2H3,(H,8,9,10,11). The molecule has 5 heteroatoms. The van der Waals surface area contributed by atoms with Gasteiger partial charge in [0, 0.05) is 5.92 Å². The average Bonchev–Trinajstić information content (AvgIpc) is 1.85. The van der Waals surface area contributed by atoms with Gasteiger partial charge >= 0.3 is 5.69 Å². The van der Waals surface area contributed by atoms with Crippen LogP contribution in [0.25, 0.3) is 0 Å². The first-order valence-electron chi connectivity index (χ1n) is 3.23. The van der Waals surface area contributed by atoms with E-state index in [9.17, 15) is 4.79 Å². The Morgan fingerprint density at radius 1 is 1.45 bits per heavy atom. The molecule has 0 bridgehead atoms. The first-order chi connectivity index (χ1) is 5.09. The average molecular weight is 174 g/mol. The number of hydrogen-bond acceptors (Lipinski definition) is 3. The number of hydrogen-bond donors (Lipinski definition) is 1. The molecule has 1 N–H and O–H groups in total. The zero-order valence-electron chi connectivity index (χ0n) is 6.26. The summed E-state index contributed by atoms with van der Waals surface area (Å²) in [5, 5.41) is -0.00236. The lowest BCUT2D eigenvalue weighted by Gasteiger charge is -2.01. The Labute approximate surface area is 68.6 Å². The largest absolute Gasteiger partial charge is 0.349 e. The van der Waals surface area contributed by atoms with Crippen molar-refractivity contribution in [3.63, 3.8) is 0 Å². The summed E-state index contributed by atoms with van der Waals surface area (Å²) in [7, 11) is 0. The first-order valence-corrected chi connectivity index (χ1v) is 3.61. The molecule has 0 fully saturated rings. The van der Waals surface area contributed by atoms with Gasteiger partial charge < -0.3 is 0 Å². The van der Waals surface area contributed by atoms with Gasteiger partial charge in [-0.05, 0) is 11.6 Å². The quantitative estimate of drug-likeness (QED) is 0.688. The van der Waals surface area contributed by atoms with Crippen LogP contribution < -0.4 is 5.69 Å². The molecule has 60 valence electrons. The van der Waals surface area contributed by atoms with E-state index in [-0.39, 0.29) is 11.2 Å². The topological polar surface area (TPSA) is 58.6 Å². The van der Waals surface area contributed by atoms with Gasteiger partial charge in [0.05, 0.1) is 0 Å². The van der Waals surface area contributed by atoms with E-state index in [1.807, 2.05) is 13.8 Å². The molecular weight excluding hydrogens is 166 g/mol. The lowest BCUT2D eigenvalue weighted by atomic mass is 10.2. The SMILES string of the molecule is CC(C)c1nc(Cl)nc(=O)[nH]1. The maximum Gasteiger partial charge on any atom is 0.349 e. The van der Waals surface area contributed by atoms with E-state index in [1.165, 1.54) is 0 Å². The number of nitrogens with zero attached hydrogens (tertiary/aromatic N) is 2. The van der Waals surface area contributed by atoms with Crippen LogP contribution in [-0.2, 0) is 0 Å². The first kappa shape index (κ1) is 8.20. The summed E-state index contributed by atoms with van der Waals surface area (Å²) >= 11 is 5.45. The molecule has 0 aromatic carbocycles. The highest BCUT2D eigenvalue weighted by molar-refractivity contribution is 6.28. The van der Waals surface area contributed by atoms with Gasteiger partial charge in [0.25, 0.3) is 0 Å². The summed E-state index contributed by atoms with van der Waals surface area (Å²) in [6.07, 6.45) is 0. The summed E-state index contributed by atoms with van der Waals surface area (Å²) in [5.74, 6) is 0.721. The molecule has 0 saturated heterocycles. The van der Waals surface area contributed by atoms with E-state index >= 15 is 0 Å². The second-order valence-corrected chi connectivity index (χ2v) is 2.80. The fourth-order valence-electron chi connectivity index (χ4n) is 0.647. The molecule has 1 rings (SSSR count). The molecular formula is C6H8ClN3O. The molecule has 0 unspecified atom stereocenters. The Hall–Kier alpha value is -0.900. The molecule has 0 aliphatic carbocycles. The smallest absolute Gasteiger partial charge is 0.294 e. The van der Waals surface area contributed by atoms with Gasteiger partial charge in [-0.2, -0.15) is 4.98 Å². The maximum absolute atomic E-state index is 10.7. The monoisotopic (exact) mass is 173 g/mol. The van der Waals surface area contributed by atoms with Crippen LogP contribution in [-0.4, -0.2) is 15.0 Å². The summed E-state index contributed by atoms with van der Waals surface area (Å²) in [6, 6.07) is 0. The summed E-state index contributed by atoms with van der Waals surface area (Å²) < 4.78 is 0. The Kier molecular flexibility index (Phi) is 2.24. The molecule has 0 spiro atoms. The molecule has 1 aromatic rings. The van der Waals surface area contributed by atoms with Crippen molar-refractivity contribution >= 4 is 11.6 Å². The molecule has 1 heterocycles. The number of nitrogens with one attached hydrogen (secondary N) is 1. The number of aromatic nitrogens is 3. The summed E-state index contributed by atoms with van der Waals surface area (Å²) in [5.41, 5.74) is -0.450. The van der Waals surface area contributed by atoms with Gasteiger partial charge in [0.15, 0.2) is 0 Å². The van der Waals surface area contributed by atoms with Crippen molar-refractivity contribution in [2.24, 2.45) is 0 Å². The van der Waals surface area contributed by atoms with Gasteiger partial charge in [0.1, 0.15) is 5.82 Å². The lowest BCUT2D eigenvalue weighted by molar-refractivity contribution is 0.746. The van der Waals surface area contributed by atoms with Crippen LogP contribution in [0.2, 0.25) is 5.28 Å². The van der Waals surface area contributed by atoms with Crippen LogP contribution in [0.1, 0.15) is 25.6 Å². The van der Waals surface area contributed by atoms with Crippen LogP contribution in [0.15, 0.2) is 4.79 Å². The van der Waals surface area contributed by atoms with Crippen molar-refractivity contribution in [3.8, 4) is 0 Å². The number of H-pyrrole nitrogens is 1. The third-order valence-electron chi connectivity index (χ3n) is 1.19. The number of aromatic amines is 1. The number of halogens is 1. The Bertz CT molecular complexity index is 307. The highest BCUT2D eigenvalue weighted by atomic mass is 35.5. The van der Waals surface area contributed by atoms with Gasteiger partial charge in [-0.15, -0.1) is 0 Å². The fraction of sp³-hybridized carbons (Fsp3) is 0.500. The third-order valence-corrected chi connectivity index (χ3v) is 1.36. The zero-order chi connectivity index (χ0) is 8.43. The van der Waals surface area contributed by atoms with Crippen molar-refractivity contribution in [1.82, 2.24) is 15.0 Å². The van der Waals surface area contributed by atoms with Crippen molar-refractivity contribution in [2.45, 2.75) is 19.8 Å². The van der Waals surface area contributed by atoms with Crippen LogP contribution in [0.4, 0.5) is 0 Å². The van der Waals surface area contributed by atoms with Crippen LogP contribution in [0, 0.1) is 0 Å². The van der Waals surface area contributed by atoms with E-state index in [2.05, 4.69) is 15.0 Å². The minimum Gasteiger partial charge on any atom is -0.294 e. The minimum absolute atomic E-state index is 0.00236. The molecule has 0 aliphatic rings. The molecule has 0 aliphatic heterocycles. The minimum atomic E-state index is -0.450. The maximum atomic E-state index is 10.7. The van der Waals surface area contributed by atoms with Gasteiger partial charge in [-0.3, -0.25) is 4.98 Å². The van der Waals surface area contributed by atoms with Gasteiger partial charge in [0.2, 0.25) is 5.28 Å². The van der Waals surface area contributed by atoms with E-state index in [4.69, 9.17) is 11.6 Å². The number of rotatable bonds is 1. The Morgan fingerprint density at radius 3 is 2.55 bits per heavy atom. The van der Waals surface area contributed by atoms with Crippen LogP contribution in [0.3, 0.4) is 0 Å². The molecule has 0 saturated carbocycles. The second kappa shape index (κ2) is 3.00. The van der Waals surface area contributed by atoms with E-state index in [1.54, 1.807) is 0 Å². The summed E-state index contributed by atoms with van der Waals surface area (Å²) in [6.45, 7) is 3.82. The highest BCUT2D eigenvalue weighted by Crippen LogP contribution is 2.06. The second-order valence-electron chi connectivity index (χ2n) is 2.46. The van der Waals surface area contributed by atoms with E-state index < -0.39 is 5.69 Å². The molecule has 0 radical (unpaired) electrons. The highest BCUT2D eigenvalue weighted by Gasteiger charge is 2.03. The van der Waals surface area contributed by atoms with E-state index in [0.29, 0.717) is 5.82 Å². The van der Waals surface area contributed by atoms with Crippen molar-refractivity contribution in [3.05, 3.63) is 21.6 Å². The summed E-state index contributed by atoms with van der Waals surface area (Å²) in [4.78, 5) is 20.4. The third kappa shape index (κ3) is 2.01. The van der Waals surface area contributed by atoms with E-state index in [0.717, 1.165) is 0 Å². The fourth-order valence-corrected chi connectivity index (χ4v) is 0.815. The van der Waals surface area contributed by atoms with Crippen molar-refractivity contribution in [2.75, 3.05) is 0 Å². The molecule has 0 amide bonds. The van der Waals surface area contributed by atoms with Crippen LogP contribution >= 0.6 is 11.6 Å². The lowest BCUT2D eigenvalue weighted by Crippen LogP contribution is -2.15. The predicted octanol–water partition coefficient (Wildman–Crippen LogP) is 0.942. The predicted molar refractivity (Wildman–Crippen MR) is 41.8 cm³/mol. The molecule has 4 nitrogen and oxygen atoms in total. The Morgan fingerprint density at radius 2 is 2.09 bits per heavy atom. The zero-order valence-corrected chi connectivity index (χ0v) is 7.01. The molecule has 0 atom stereocenters. The van der Waals surface area contributed by atoms with Crippen molar-refractivity contribution in [1.29, 1.82) is 0 Å². The molecule has 11 heavy (non-hydrogen) atoms. The molecule has 1 aromatic heterocycles. The van der Waals surface area contributed by atoms with Gasteiger partial charge in [-0.1, -0.05) is 13.8 Å². The van der Waals surface area contributed by atoms with Crippen LogP contribution in [0.5, 0.6) is 0 Å². The van der Waals surface area contributed by atoms with Gasteiger partial charge in [-0.25, -0.2) is 9.78 Å². The van der Waals surface area contributed by atoms with Crippen molar-refractivity contribution < 1.29 is 0 Å². The normalized spacial score (nSPS) is 10.5.